The van der Waals surface area contributed by atoms with Crippen molar-refractivity contribution in [1.29, 1.82) is 0 Å². The molecule has 1 heterocycles. The molecule has 234 valence electrons. The van der Waals surface area contributed by atoms with E-state index >= 15 is 0 Å². The van der Waals surface area contributed by atoms with Gasteiger partial charge in [-0.3, -0.25) is 9.10 Å². The van der Waals surface area contributed by atoms with Crippen LogP contribution in [0.5, 0.6) is 0 Å². The number of anilines is 1. The van der Waals surface area contributed by atoms with E-state index in [9.17, 15) is 62.9 Å². The number of halogens is 9. The summed E-state index contributed by atoms with van der Waals surface area (Å²) in [4.78, 5) is 11.7. The summed E-state index contributed by atoms with van der Waals surface area (Å²) in [6.07, 6.45) is -15.8. The Labute approximate surface area is 234 Å². The molecule has 0 saturated carbocycles. The van der Waals surface area contributed by atoms with Crippen LogP contribution in [0, 0.1) is 11.6 Å². The van der Waals surface area contributed by atoms with Crippen molar-refractivity contribution < 1.29 is 62.9 Å². The molecule has 42 heavy (non-hydrogen) atoms. The number of fused-ring (bicyclic) bond motifs is 1. The van der Waals surface area contributed by atoms with E-state index in [1.807, 2.05) is 0 Å². The number of rotatable bonds is 8. The SMILES string of the molecule is CC(C)(O)[C@H](F)CNC(=O)CC1CCc2cc(C(O)(C(F)(F)F)C(F)(F)F)ccc2N1S(=O)(=O)c1ccc(F)c(F)c1. The van der Waals surface area contributed by atoms with Crippen molar-refractivity contribution in [3.8, 4) is 0 Å². The predicted octanol–water partition coefficient (Wildman–Crippen LogP) is 4.40. The lowest BCUT2D eigenvalue weighted by molar-refractivity contribution is -0.376. The Morgan fingerprint density at radius 1 is 1.00 bits per heavy atom. The fraction of sp³-hybridized carbons (Fsp3) is 0.480. The molecule has 2 aromatic rings. The third-order valence-electron chi connectivity index (χ3n) is 6.75. The van der Waals surface area contributed by atoms with E-state index in [-0.39, 0.29) is 18.9 Å². The summed E-state index contributed by atoms with van der Waals surface area (Å²) in [5.41, 5.74) is -9.68. The minimum Gasteiger partial charge on any atom is -0.387 e. The number of sulfonamides is 1. The first-order valence-electron chi connectivity index (χ1n) is 12.1. The Balaban J connectivity index is 2.10. The standard InChI is InChI=1S/C25H25F9N2O5S/c1-22(2,38)20(28)12-35-21(37)10-15-5-3-13-9-14(23(39,24(29,30)31)25(32,33)34)4-8-19(13)36(15)42(40,41)16-6-7-17(26)18(27)11-16/h4,6-9,11,15,20,38-39H,3,5,10,12H2,1-2H3,(H,35,37)/t15?,20-/m1/s1. The summed E-state index contributed by atoms with van der Waals surface area (Å²) < 4.78 is 150. The molecule has 3 rings (SSSR count). The molecule has 0 aliphatic carbocycles. The van der Waals surface area contributed by atoms with Crippen LogP contribution in [0.1, 0.15) is 37.8 Å². The maximum absolute atomic E-state index is 14.1. The molecule has 0 spiro atoms. The van der Waals surface area contributed by atoms with Gasteiger partial charge in [0.05, 0.1) is 28.8 Å². The third-order valence-corrected chi connectivity index (χ3v) is 8.61. The second-order valence-corrected chi connectivity index (χ2v) is 12.1. The van der Waals surface area contributed by atoms with Gasteiger partial charge in [0.2, 0.25) is 5.91 Å². The maximum atomic E-state index is 14.1. The zero-order valence-electron chi connectivity index (χ0n) is 21.8. The van der Waals surface area contributed by atoms with Gasteiger partial charge in [0.25, 0.3) is 15.6 Å². The highest BCUT2D eigenvalue weighted by Crippen LogP contribution is 2.51. The normalized spacial score (nSPS) is 17.5. The molecule has 17 heteroatoms. The summed E-state index contributed by atoms with van der Waals surface area (Å²) in [5, 5.41) is 21.6. The highest BCUT2D eigenvalue weighted by Gasteiger charge is 2.71. The Kier molecular flexibility index (Phi) is 8.94. The van der Waals surface area contributed by atoms with E-state index in [0.717, 1.165) is 13.8 Å². The highest BCUT2D eigenvalue weighted by atomic mass is 32.2. The topological polar surface area (TPSA) is 107 Å². The van der Waals surface area contributed by atoms with Crippen LogP contribution in [0.4, 0.5) is 45.2 Å². The van der Waals surface area contributed by atoms with Crippen LogP contribution >= 0.6 is 0 Å². The van der Waals surface area contributed by atoms with Gasteiger partial charge in [-0.25, -0.2) is 21.6 Å². The van der Waals surface area contributed by atoms with Gasteiger partial charge in [0, 0.05) is 12.0 Å². The molecule has 1 amide bonds. The van der Waals surface area contributed by atoms with Gasteiger partial charge >= 0.3 is 12.4 Å². The van der Waals surface area contributed by atoms with Crippen LogP contribution in [0.25, 0.3) is 0 Å². The first kappa shape index (κ1) is 33.5. The number of amides is 1. The van der Waals surface area contributed by atoms with Crippen molar-refractivity contribution in [3.63, 3.8) is 0 Å². The molecule has 3 N–H and O–H groups in total. The summed E-state index contributed by atoms with van der Waals surface area (Å²) >= 11 is 0. The number of benzene rings is 2. The largest absolute Gasteiger partial charge is 0.430 e. The number of hydrogen-bond acceptors (Lipinski definition) is 5. The zero-order valence-corrected chi connectivity index (χ0v) is 22.6. The van der Waals surface area contributed by atoms with Crippen molar-refractivity contribution in [2.45, 2.75) is 73.8 Å². The maximum Gasteiger partial charge on any atom is 0.430 e. The monoisotopic (exact) mass is 636 g/mol. The lowest BCUT2D eigenvalue weighted by atomic mass is 9.87. The van der Waals surface area contributed by atoms with Crippen LogP contribution < -0.4 is 9.62 Å². The highest BCUT2D eigenvalue weighted by molar-refractivity contribution is 7.92. The molecular weight excluding hydrogens is 611 g/mol. The van der Waals surface area contributed by atoms with E-state index in [1.165, 1.54) is 0 Å². The lowest BCUT2D eigenvalue weighted by Gasteiger charge is -2.39. The molecule has 2 aromatic carbocycles. The number of alkyl halides is 7. The Hall–Kier alpha value is -3.05. The molecule has 1 aliphatic heterocycles. The number of nitrogens with zero attached hydrogens (tertiary/aromatic N) is 1. The smallest absolute Gasteiger partial charge is 0.387 e. The van der Waals surface area contributed by atoms with E-state index < -0.39 is 98.0 Å². The quantitative estimate of drug-likeness (QED) is 0.373. The number of hydrogen-bond donors (Lipinski definition) is 3. The fourth-order valence-corrected chi connectivity index (χ4v) is 6.08. The molecule has 0 fully saturated rings. The van der Waals surface area contributed by atoms with Gasteiger partial charge in [0.1, 0.15) is 6.17 Å². The first-order chi connectivity index (χ1) is 19.0. The molecule has 2 atom stereocenters. The second kappa shape index (κ2) is 11.2. The molecule has 1 unspecified atom stereocenters. The average molecular weight is 637 g/mol. The molecular formula is C25H25F9N2O5S. The summed E-state index contributed by atoms with van der Waals surface area (Å²) in [6.45, 7) is 1.58. The van der Waals surface area contributed by atoms with Crippen molar-refractivity contribution in [2.75, 3.05) is 10.8 Å². The van der Waals surface area contributed by atoms with Crippen molar-refractivity contribution in [1.82, 2.24) is 5.32 Å². The van der Waals surface area contributed by atoms with E-state index in [4.69, 9.17) is 0 Å². The predicted molar refractivity (Wildman–Crippen MR) is 129 cm³/mol. The molecule has 7 nitrogen and oxygen atoms in total. The van der Waals surface area contributed by atoms with Crippen LogP contribution in [0.15, 0.2) is 41.3 Å². The van der Waals surface area contributed by atoms with Crippen LogP contribution in [0.2, 0.25) is 0 Å². The minimum absolute atomic E-state index is 0.215. The Morgan fingerprint density at radius 2 is 1.60 bits per heavy atom. The van der Waals surface area contributed by atoms with Gasteiger partial charge in [-0.05, 0) is 56.5 Å². The van der Waals surface area contributed by atoms with Crippen molar-refractivity contribution >= 4 is 21.6 Å². The van der Waals surface area contributed by atoms with Gasteiger partial charge in [-0.1, -0.05) is 12.1 Å². The summed E-state index contributed by atoms with van der Waals surface area (Å²) in [5.74, 6) is -3.93. The molecule has 0 saturated heterocycles. The van der Waals surface area contributed by atoms with Gasteiger partial charge < -0.3 is 15.5 Å². The number of carbonyl (C=O) groups excluding carboxylic acids is 1. The van der Waals surface area contributed by atoms with Crippen LogP contribution in [-0.4, -0.2) is 61.2 Å². The number of aliphatic hydroxyl groups is 2. The molecule has 1 aliphatic rings. The van der Waals surface area contributed by atoms with Crippen LogP contribution in [0.3, 0.4) is 0 Å². The summed E-state index contributed by atoms with van der Waals surface area (Å²) in [7, 11) is -4.94. The number of aryl methyl sites for hydroxylation is 1. The minimum atomic E-state index is -6.22. The number of nitrogens with one attached hydrogen (secondary N) is 1. The number of carbonyl (C=O) groups is 1. The second-order valence-electron chi connectivity index (χ2n) is 10.2. The lowest BCUT2D eigenvalue weighted by Crippen LogP contribution is -2.54. The fourth-order valence-electron chi connectivity index (χ4n) is 4.35. The Morgan fingerprint density at radius 3 is 2.12 bits per heavy atom. The summed E-state index contributed by atoms with van der Waals surface area (Å²) in [6, 6.07) is 1.18. The van der Waals surface area contributed by atoms with Gasteiger partial charge in [-0.2, -0.15) is 26.3 Å². The van der Waals surface area contributed by atoms with E-state index in [1.54, 1.807) is 0 Å². The first-order valence-corrected chi connectivity index (χ1v) is 13.6. The molecule has 0 radical (unpaired) electrons. The zero-order chi connectivity index (χ0) is 32.1. The third kappa shape index (κ3) is 6.32. The van der Waals surface area contributed by atoms with Crippen LogP contribution in [-0.2, 0) is 26.8 Å². The van der Waals surface area contributed by atoms with Gasteiger partial charge in [-0.15, -0.1) is 0 Å². The van der Waals surface area contributed by atoms with Gasteiger partial charge in [0.15, 0.2) is 11.6 Å². The van der Waals surface area contributed by atoms with E-state index in [0.29, 0.717) is 34.6 Å². The molecule has 0 bridgehead atoms. The van der Waals surface area contributed by atoms with Crippen molar-refractivity contribution in [2.24, 2.45) is 0 Å². The molecule has 0 aromatic heterocycles. The Bertz CT molecular complexity index is 1430. The average Bonchev–Trinajstić information content (AvgIpc) is 2.85. The van der Waals surface area contributed by atoms with E-state index in [2.05, 4.69) is 5.32 Å². The van der Waals surface area contributed by atoms with Crippen molar-refractivity contribution in [3.05, 3.63) is 59.2 Å².